The summed E-state index contributed by atoms with van der Waals surface area (Å²) < 4.78 is 5.60. The Kier molecular flexibility index (Phi) is 4.45. The molecule has 18 heavy (non-hydrogen) atoms. The number of aliphatic hydroxyl groups is 1. The van der Waals surface area contributed by atoms with Crippen LogP contribution in [0.2, 0.25) is 12.0 Å². The molecule has 5 nitrogen and oxygen atoms in total. The molecule has 0 amide bonds. The van der Waals surface area contributed by atoms with Crippen molar-refractivity contribution in [2.75, 3.05) is 13.2 Å². The van der Waals surface area contributed by atoms with E-state index in [1.165, 1.54) is 6.20 Å². The molecule has 0 aliphatic carbocycles. The summed E-state index contributed by atoms with van der Waals surface area (Å²) in [5, 5.41) is 18.8. The largest absolute Gasteiger partial charge is 0.490 e. The number of hydrogen-bond donors (Lipinski definition) is 2. The maximum absolute atomic E-state index is 9.47. The van der Waals surface area contributed by atoms with E-state index < -0.39 is 7.05 Å². The van der Waals surface area contributed by atoms with Crippen molar-refractivity contribution >= 4 is 18.7 Å². The number of halogens is 1. The van der Waals surface area contributed by atoms with Gasteiger partial charge in [0.05, 0.1) is 12.8 Å². The minimum absolute atomic E-state index is 0.160. The summed E-state index contributed by atoms with van der Waals surface area (Å²) >= 11 is 5.79. The van der Waals surface area contributed by atoms with E-state index in [-0.39, 0.29) is 12.6 Å². The van der Waals surface area contributed by atoms with Gasteiger partial charge in [0.2, 0.25) is 0 Å². The zero-order chi connectivity index (χ0) is 13.1. The van der Waals surface area contributed by atoms with E-state index >= 15 is 0 Å². The smallest absolute Gasteiger partial charge is 0.376 e. The van der Waals surface area contributed by atoms with E-state index in [9.17, 15) is 5.02 Å². The summed E-state index contributed by atoms with van der Waals surface area (Å²) in [5.41, 5.74) is 0.551. The molecular formula is C11H16BClN2O3. The van der Waals surface area contributed by atoms with Crippen molar-refractivity contribution in [1.29, 1.82) is 0 Å². The third kappa shape index (κ3) is 2.95. The van der Waals surface area contributed by atoms with Gasteiger partial charge < -0.3 is 19.7 Å². The molecule has 2 rings (SSSR count). The topological polar surface area (TPSA) is 65.8 Å². The number of nitrogens with zero attached hydrogens (tertiary/aromatic N) is 2. The van der Waals surface area contributed by atoms with Crippen LogP contribution < -0.4 is 4.74 Å². The quantitative estimate of drug-likeness (QED) is 0.612. The number of aliphatic hydroxyl groups excluding tert-OH is 1. The van der Waals surface area contributed by atoms with Crippen LogP contribution >= 0.6 is 11.6 Å². The molecule has 1 fully saturated rings. The molecule has 1 atom stereocenters. The molecule has 1 aliphatic heterocycles. The third-order valence-electron chi connectivity index (χ3n) is 3.17. The van der Waals surface area contributed by atoms with Crippen LogP contribution in [0.4, 0.5) is 0 Å². The fourth-order valence-electron chi connectivity index (χ4n) is 1.99. The highest BCUT2D eigenvalue weighted by atomic mass is 35.5. The molecule has 0 aromatic carbocycles. The summed E-state index contributed by atoms with van der Waals surface area (Å²) in [6.45, 7) is 2.98. The minimum atomic E-state index is -0.441. The fourth-order valence-corrected chi connectivity index (χ4v) is 2.15. The second-order valence-electron chi connectivity index (χ2n) is 4.40. The zero-order valence-electron chi connectivity index (χ0n) is 10.2. The first-order valence-electron chi connectivity index (χ1n) is 5.93. The van der Waals surface area contributed by atoms with Gasteiger partial charge in [0.15, 0.2) is 0 Å². The lowest BCUT2D eigenvalue weighted by Crippen LogP contribution is -2.57. The molecule has 98 valence electrons. The number of pyridine rings is 1. The Balaban J connectivity index is 1.90. The van der Waals surface area contributed by atoms with E-state index in [1.807, 2.05) is 4.81 Å². The molecular weight excluding hydrogens is 254 g/mol. The zero-order valence-corrected chi connectivity index (χ0v) is 11.0. The summed E-state index contributed by atoms with van der Waals surface area (Å²) in [4.78, 5) is 5.91. The average Bonchev–Trinajstić information content (AvgIpc) is 2.29. The Bertz CT molecular complexity index is 419. The molecule has 7 heteroatoms. The van der Waals surface area contributed by atoms with Crippen LogP contribution in [0.1, 0.15) is 12.0 Å². The Morgan fingerprint density at radius 1 is 1.67 bits per heavy atom. The SMILES string of the molecule is CB(O)N1CC[C@@H]1COc1cnc(Cl)c(CO)c1. The summed E-state index contributed by atoms with van der Waals surface area (Å²) in [6.07, 6.45) is 2.55. The minimum Gasteiger partial charge on any atom is -0.490 e. The van der Waals surface area contributed by atoms with Crippen LogP contribution in [0, 0.1) is 0 Å². The van der Waals surface area contributed by atoms with Crippen molar-refractivity contribution in [2.45, 2.75) is 25.9 Å². The van der Waals surface area contributed by atoms with E-state index in [1.54, 1.807) is 12.9 Å². The maximum atomic E-state index is 9.47. The van der Waals surface area contributed by atoms with Crippen molar-refractivity contribution in [1.82, 2.24) is 9.79 Å². The molecule has 0 unspecified atom stereocenters. The van der Waals surface area contributed by atoms with Crippen molar-refractivity contribution in [3.05, 3.63) is 23.0 Å². The number of ether oxygens (including phenoxy) is 1. The van der Waals surface area contributed by atoms with E-state index in [0.717, 1.165) is 13.0 Å². The van der Waals surface area contributed by atoms with Crippen LogP contribution in [0.25, 0.3) is 0 Å². The Morgan fingerprint density at radius 3 is 3.00 bits per heavy atom. The molecule has 1 aromatic rings. The lowest BCUT2D eigenvalue weighted by molar-refractivity contribution is 0.110. The molecule has 0 saturated carbocycles. The standard InChI is InChI=1S/C11H16BClN2O3/c1-12(17)15-3-2-9(15)7-18-10-4-8(6-16)11(13)14-5-10/h4-5,9,16-17H,2-3,6-7H2,1H3/t9-/m1/s1. The van der Waals surface area contributed by atoms with Gasteiger partial charge in [0, 0.05) is 11.6 Å². The van der Waals surface area contributed by atoms with Gasteiger partial charge in [-0.3, -0.25) is 0 Å². The predicted octanol–water partition coefficient (Wildman–Crippen LogP) is 0.791. The molecule has 2 N–H and O–H groups in total. The van der Waals surface area contributed by atoms with Crippen molar-refractivity contribution in [3.63, 3.8) is 0 Å². The van der Waals surface area contributed by atoms with Crippen LogP contribution in [0.5, 0.6) is 5.75 Å². The number of hydrogen-bond acceptors (Lipinski definition) is 5. The van der Waals surface area contributed by atoms with E-state index in [0.29, 0.717) is 23.1 Å². The van der Waals surface area contributed by atoms with Gasteiger partial charge in [-0.2, -0.15) is 0 Å². The monoisotopic (exact) mass is 270 g/mol. The van der Waals surface area contributed by atoms with Crippen LogP contribution in [0.15, 0.2) is 12.3 Å². The van der Waals surface area contributed by atoms with Gasteiger partial charge in [-0.05, 0) is 25.9 Å². The third-order valence-corrected chi connectivity index (χ3v) is 3.51. The highest BCUT2D eigenvalue weighted by Crippen LogP contribution is 2.22. The normalized spacial score (nSPS) is 19.4. The van der Waals surface area contributed by atoms with Gasteiger partial charge in [-0.1, -0.05) is 11.6 Å². The lowest BCUT2D eigenvalue weighted by Gasteiger charge is -2.41. The Labute approximate surface area is 111 Å². The number of aromatic nitrogens is 1. The molecule has 1 aliphatic rings. The van der Waals surface area contributed by atoms with E-state index in [2.05, 4.69) is 4.98 Å². The van der Waals surface area contributed by atoms with E-state index in [4.69, 9.17) is 21.4 Å². The molecule has 1 saturated heterocycles. The molecule has 0 spiro atoms. The molecule has 0 radical (unpaired) electrons. The summed E-state index contributed by atoms with van der Waals surface area (Å²) in [7, 11) is -0.441. The van der Waals surface area contributed by atoms with Crippen molar-refractivity contribution in [3.8, 4) is 5.75 Å². The Morgan fingerprint density at radius 2 is 2.44 bits per heavy atom. The highest BCUT2D eigenvalue weighted by molar-refractivity contribution is 6.45. The van der Waals surface area contributed by atoms with Gasteiger partial charge in [-0.15, -0.1) is 0 Å². The summed E-state index contributed by atoms with van der Waals surface area (Å²) in [6, 6.07) is 1.92. The molecule has 0 bridgehead atoms. The number of rotatable bonds is 5. The van der Waals surface area contributed by atoms with Crippen LogP contribution in [-0.4, -0.2) is 46.2 Å². The Hall–Kier alpha value is -0.815. The first kappa shape index (κ1) is 13.6. The predicted molar refractivity (Wildman–Crippen MR) is 69.6 cm³/mol. The van der Waals surface area contributed by atoms with Crippen LogP contribution in [0.3, 0.4) is 0 Å². The molecule has 1 aromatic heterocycles. The first-order chi connectivity index (χ1) is 8.61. The lowest BCUT2D eigenvalue weighted by atomic mass is 9.78. The van der Waals surface area contributed by atoms with Gasteiger partial charge in [0.25, 0.3) is 0 Å². The first-order valence-corrected chi connectivity index (χ1v) is 6.31. The average molecular weight is 271 g/mol. The van der Waals surface area contributed by atoms with Gasteiger partial charge in [0.1, 0.15) is 17.5 Å². The summed E-state index contributed by atoms with van der Waals surface area (Å²) in [5.74, 6) is 0.584. The second-order valence-corrected chi connectivity index (χ2v) is 4.76. The van der Waals surface area contributed by atoms with Crippen molar-refractivity contribution in [2.24, 2.45) is 0 Å². The van der Waals surface area contributed by atoms with Gasteiger partial charge >= 0.3 is 7.05 Å². The maximum Gasteiger partial charge on any atom is 0.376 e. The van der Waals surface area contributed by atoms with Gasteiger partial charge in [-0.25, -0.2) is 4.98 Å². The fraction of sp³-hybridized carbons (Fsp3) is 0.545. The second kappa shape index (κ2) is 5.88. The van der Waals surface area contributed by atoms with Crippen molar-refractivity contribution < 1.29 is 14.9 Å². The molecule has 2 heterocycles. The highest BCUT2D eigenvalue weighted by Gasteiger charge is 2.33. The van der Waals surface area contributed by atoms with Crippen LogP contribution in [-0.2, 0) is 6.61 Å².